The first kappa shape index (κ1) is 17.0. The third kappa shape index (κ3) is 3.88. The minimum Gasteiger partial charge on any atom is -0.262 e. The lowest BCUT2D eigenvalue weighted by Gasteiger charge is -2.12. The SMILES string of the molecule is N#Cc1ccc(S(=O)(=O)Nc2cncc(Cl)n2)cc1C(F)(F)F. The molecular weight excluding hydrogens is 357 g/mol. The molecule has 1 aromatic heterocycles. The standard InChI is InChI=1S/C12H6ClF3N4O2S/c13-10-5-18-6-11(19-10)20-23(21,22)8-2-1-7(4-17)9(3-8)12(14,15)16/h1-3,5-6H,(H,19,20). The van der Waals surface area contributed by atoms with Crippen molar-refractivity contribution in [3.63, 3.8) is 0 Å². The number of sulfonamides is 1. The molecule has 2 aromatic rings. The van der Waals surface area contributed by atoms with Crippen molar-refractivity contribution in [2.75, 3.05) is 4.72 Å². The summed E-state index contributed by atoms with van der Waals surface area (Å²) >= 11 is 5.55. The number of alkyl halides is 3. The van der Waals surface area contributed by atoms with Gasteiger partial charge >= 0.3 is 6.18 Å². The van der Waals surface area contributed by atoms with Crippen LogP contribution >= 0.6 is 11.6 Å². The molecule has 0 unspecified atom stereocenters. The number of halogens is 4. The summed E-state index contributed by atoms with van der Waals surface area (Å²) in [4.78, 5) is 6.55. The van der Waals surface area contributed by atoms with E-state index in [-0.39, 0.29) is 11.0 Å². The third-order valence-electron chi connectivity index (χ3n) is 2.57. The second-order valence-electron chi connectivity index (χ2n) is 4.15. The number of nitrogens with zero attached hydrogens (tertiary/aromatic N) is 3. The molecule has 0 aliphatic rings. The molecule has 0 fully saturated rings. The summed E-state index contributed by atoms with van der Waals surface area (Å²) in [7, 11) is -4.36. The fraction of sp³-hybridized carbons (Fsp3) is 0.0833. The first-order valence-electron chi connectivity index (χ1n) is 5.75. The summed E-state index contributed by atoms with van der Waals surface area (Å²) in [6.07, 6.45) is -2.67. The number of anilines is 1. The van der Waals surface area contributed by atoms with Crippen LogP contribution in [0.4, 0.5) is 19.0 Å². The molecule has 0 atom stereocenters. The van der Waals surface area contributed by atoms with Gasteiger partial charge in [-0.15, -0.1) is 0 Å². The molecule has 0 amide bonds. The number of nitriles is 1. The Morgan fingerprint density at radius 2 is 1.96 bits per heavy atom. The largest absolute Gasteiger partial charge is 0.417 e. The van der Waals surface area contributed by atoms with Gasteiger partial charge in [0.2, 0.25) is 0 Å². The van der Waals surface area contributed by atoms with Gasteiger partial charge < -0.3 is 0 Å². The van der Waals surface area contributed by atoms with Gasteiger partial charge in [-0.3, -0.25) is 9.71 Å². The van der Waals surface area contributed by atoms with Gasteiger partial charge in [-0.1, -0.05) is 11.6 Å². The fourth-order valence-corrected chi connectivity index (χ4v) is 2.77. The maximum atomic E-state index is 12.9. The first-order chi connectivity index (χ1) is 10.6. The van der Waals surface area contributed by atoms with Crippen LogP contribution in [0.5, 0.6) is 0 Å². The van der Waals surface area contributed by atoms with Crippen molar-refractivity contribution >= 4 is 27.4 Å². The molecule has 0 aliphatic carbocycles. The van der Waals surface area contributed by atoms with Gasteiger partial charge in [0.15, 0.2) is 5.82 Å². The van der Waals surface area contributed by atoms with E-state index in [9.17, 15) is 21.6 Å². The van der Waals surface area contributed by atoms with Crippen LogP contribution in [0.1, 0.15) is 11.1 Å². The van der Waals surface area contributed by atoms with Crippen LogP contribution in [0.3, 0.4) is 0 Å². The molecule has 0 radical (unpaired) electrons. The van der Waals surface area contributed by atoms with E-state index in [4.69, 9.17) is 16.9 Å². The predicted octanol–water partition coefficient (Wildman–Crippen LogP) is 2.82. The molecule has 2 rings (SSSR count). The molecule has 120 valence electrons. The van der Waals surface area contributed by atoms with E-state index < -0.39 is 32.2 Å². The normalized spacial score (nSPS) is 11.8. The monoisotopic (exact) mass is 362 g/mol. The highest BCUT2D eigenvalue weighted by atomic mass is 35.5. The summed E-state index contributed by atoms with van der Waals surface area (Å²) in [6, 6.07) is 3.40. The molecule has 11 heteroatoms. The number of benzene rings is 1. The van der Waals surface area contributed by atoms with E-state index in [1.54, 1.807) is 0 Å². The lowest BCUT2D eigenvalue weighted by molar-refractivity contribution is -0.137. The van der Waals surface area contributed by atoms with Crippen LogP contribution in [0.2, 0.25) is 5.15 Å². The highest BCUT2D eigenvalue weighted by Gasteiger charge is 2.35. The van der Waals surface area contributed by atoms with E-state index in [0.717, 1.165) is 24.5 Å². The zero-order valence-corrected chi connectivity index (χ0v) is 12.5. The van der Waals surface area contributed by atoms with E-state index in [1.165, 1.54) is 6.07 Å². The Balaban J connectivity index is 2.47. The minimum absolute atomic E-state index is 0.0963. The minimum atomic E-state index is -4.87. The Labute approximate surface area is 133 Å². The molecule has 0 spiro atoms. The number of aromatic nitrogens is 2. The highest BCUT2D eigenvalue weighted by Crippen LogP contribution is 2.33. The van der Waals surface area contributed by atoms with Crippen LogP contribution in [0, 0.1) is 11.3 Å². The zero-order chi connectivity index (χ0) is 17.3. The second-order valence-corrected chi connectivity index (χ2v) is 6.22. The Morgan fingerprint density at radius 3 is 2.52 bits per heavy atom. The lowest BCUT2D eigenvalue weighted by Crippen LogP contribution is -2.16. The van der Waals surface area contributed by atoms with E-state index >= 15 is 0 Å². The molecule has 23 heavy (non-hydrogen) atoms. The smallest absolute Gasteiger partial charge is 0.262 e. The van der Waals surface area contributed by atoms with E-state index in [0.29, 0.717) is 6.07 Å². The van der Waals surface area contributed by atoms with Crippen molar-refractivity contribution in [1.29, 1.82) is 5.26 Å². The quantitative estimate of drug-likeness (QED) is 0.905. The van der Waals surface area contributed by atoms with Crippen molar-refractivity contribution in [3.8, 4) is 6.07 Å². The topological polar surface area (TPSA) is 95.7 Å². The Bertz CT molecular complexity index is 894. The average Bonchev–Trinajstić information content (AvgIpc) is 2.45. The van der Waals surface area contributed by atoms with Crippen molar-refractivity contribution < 1.29 is 21.6 Å². The molecule has 1 aromatic carbocycles. The number of hydrogen-bond donors (Lipinski definition) is 1. The Kier molecular flexibility index (Phi) is 4.44. The second kappa shape index (κ2) is 6.02. The summed E-state index contributed by atoms with van der Waals surface area (Å²) in [6.45, 7) is 0. The van der Waals surface area contributed by atoms with E-state index in [2.05, 4.69) is 9.97 Å². The molecule has 1 heterocycles. The van der Waals surface area contributed by atoms with Crippen LogP contribution in [0.15, 0.2) is 35.5 Å². The van der Waals surface area contributed by atoms with Gasteiger partial charge in [-0.25, -0.2) is 13.4 Å². The summed E-state index contributed by atoms with van der Waals surface area (Å²) in [5, 5.41) is 8.60. The molecule has 0 aliphatic heterocycles. The van der Waals surface area contributed by atoms with Crippen molar-refractivity contribution in [2.24, 2.45) is 0 Å². The molecule has 0 saturated carbocycles. The van der Waals surface area contributed by atoms with Gasteiger partial charge in [0, 0.05) is 0 Å². The fourth-order valence-electron chi connectivity index (χ4n) is 1.61. The van der Waals surface area contributed by atoms with E-state index in [1.807, 2.05) is 4.72 Å². The summed E-state index contributed by atoms with van der Waals surface area (Å²) < 4.78 is 64.8. The maximum Gasteiger partial charge on any atom is 0.417 e. The van der Waals surface area contributed by atoms with Crippen LogP contribution < -0.4 is 4.72 Å². The molecule has 0 bridgehead atoms. The van der Waals surface area contributed by atoms with Crippen LogP contribution in [-0.2, 0) is 16.2 Å². The molecule has 0 saturated heterocycles. The maximum absolute atomic E-state index is 12.9. The van der Waals surface area contributed by atoms with Gasteiger partial charge in [0.05, 0.1) is 34.5 Å². The Morgan fingerprint density at radius 1 is 1.26 bits per heavy atom. The molecule has 6 nitrogen and oxygen atoms in total. The van der Waals surface area contributed by atoms with Gasteiger partial charge in [-0.05, 0) is 18.2 Å². The van der Waals surface area contributed by atoms with Gasteiger partial charge in [-0.2, -0.15) is 18.4 Å². The zero-order valence-electron chi connectivity index (χ0n) is 11.0. The van der Waals surface area contributed by atoms with Gasteiger partial charge in [0.25, 0.3) is 10.0 Å². The lowest BCUT2D eigenvalue weighted by atomic mass is 10.1. The predicted molar refractivity (Wildman–Crippen MR) is 74.0 cm³/mol. The number of rotatable bonds is 3. The van der Waals surface area contributed by atoms with Crippen LogP contribution in [0.25, 0.3) is 0 Å². The number of hydrogen-bond acceptors (Lipinski definition) is 5. The van der Waals surface area contributed by atoms with Crippen molar-refractivity contribution in [2.45, 2.75) is 11.1 Å². The molecule has 1 N–H and O–H groups in total. The molecular formula is C12H6ClF3N4O2S. The summed E-state index contributed by atoms with van der Waals surface area (Å²) in [5.74, 6) is -0.254. The van der Waals surface area contributed by atoms with Crippen LogP contribution in [-0.4, -0.2) is 18.4 Å². The average molecular weight is 363 g/mol. The third-order valence-corrected chi connectivity index (χ3v) is 4.11. The highest BCUT2D eigenvalue weighted by molar-refractivity contribution is 7.92. The Hall–Kier alpha value is -2.38. The first-order valence-corrected chi connectivity index (χ1v) is 7.61. The van der Waals surface area contributed by atoms with Crippen molar-refractivity contribution in [1.82, 2.24) is 9.97 Å². The van der Waals surface area contributed by atoms with Crippen molar-refractivity contribution in [3.05, 3.63) is 46.9 Å². The summed E-state index contributed by atoms with van der Waals surface area (Å²) in [5.41, 5.74) is -2.03. The number of nitrogens with one attached hydrogen (secondary N) is 1. The van der Waals surface area contributed by atoms with Gasteiger partial charge in [0.1, 0.15) is 5.15 Å².